The zero-order valence-corrected chi connectivity index (χ0v) is 17.8. The molecule has 162 valence electrons. The number of aromatic nitrogens is 1. The summed E-state index contributed by atoms with van der Waals surface area (Å²) in [6.07, 6.45) is 1.48. The molecule has 1 aliphatic heterocycles. The van der Waals surface area contributed by atoms with Gasteiger partial charge in [0.15, 0.2) is 0 Å². The Kier molecular flexibility index (Phi) is 5.23. The SMILES string of the molecule is O=C1c2ccccc2C(=O)N1CC(=O)N(/N=C/c1ccccc1)c1nc2ccc(F)cc2s1. The molecule has 0 saturated carbocycles. The number of hydrogen-bond donors (Lipinski definition) is 0. The van der Waals surface area contributed by atoms with Crippen LogP contribution in [-0.2, 0) is 4.79 Å². The van der Waals surface area contributed by atoms with E-state index < -0.39 is 30.1 Å². The summed E-state index contributed by atoms with van der Waals surface area (Å²) in [5, 5.41) is 5.53. The van der Waals surface area contributed by atoms with Gasteiger partial charge in [0, 0.05) is 0 Å². The van der Waals surface area contributed by atoms with Crippen molar-refractivity contribution in [3.05, 3.63) is 95.3 Å². The lowest BCUT2D eigenvalue weighted by Crippen LogP contribution is -2.41. The number of hydrazone groups is 1. The van der Waals surface area contributed by atoms with Crippen LogP contribution in [-0.4, -0.2) is 40.4 Å². The van der Waals surface area contributed by atoms with Gasteiger partial charge in [-0.05, 0) is 35.9 Å². The second-order valence-electron chi connectivity index (χ2n) is 7.21. The minimum atomic E-state index is -0.629. The molecule has 0 N–H and O–H groups in total. The van der Waals surface area contributed by atoms with Crippen molar-refractivity contribution in [3.8, 4) is 0 Å². The first-order valence-corrected chi connectivity index (χ1v) is 10.8. The molecule has 0 bridgehead atoms. The Morgan fingerprint density at radius 3 is 2.36 bits per heavy atom. The molecule has 1 aliphatic rings. The maximum Gasteiger partial charge on any atom is 0.269 e. The van der Waals surface area contributed by atoms with Gasteiger partial charge in [-0.1, -0.05) is 53.8 Å². The van der Waals surface area contributed by atoms with Gasteiger partial charge in [0.25, 0.3) is 17.7 Å². The lowest BCUT2D eigenvalue weighted by Gasteiger charge is -2.18. The molecule has 33 heavy (non-hydrogen) atoms. The van der Waals surface area contributed by atoms with Crippen LogP contribution in [0.5, 0.6) is 0 Å². The van der Waals surface area contributed by atoms with E-state index in [2.05, 4.69) is 10.1 Å². The van der Waals surface area contributed by atoms with Crippen LogP contribution in [0.2, 0.25) is 0 Å². The van der Waals surface area contributed by atoms with E-state index in [0.29, 0.717) is 10.2 Å². The fourth-order valence-corrected chi connectivity index (χ4v) is 4.41. The van der Waals surface area contributed by atoms with Crippen LogP contribution in [0.15, 0.2) is 77.9 Å². The van der Waals surface area contributed by atoms with Crippen molar-refractivity contribution in [2.75, 3.05) is 11.6 Å². The fourth-order valence-electron chi connectivity index (χ4n) is 3.45. The van der Waals surface area contributed by atoms with E-state index in [1.54, 1.807) is 24.3 Å². The highest BCUT2D eigenvalue weighted by atomic mass is 32.1. The summed E-state index contributed by atoms with van der Waals surface area (Å²) in [4.78, 5) is 44.0. The van der Waals surface area contributed by atoms with Crippen LogP contribution < -0.4 is 5.01 Å². The number of carbonyl (C=O) groups excluding carboxylic acids is 3. The number of hydrogen-bond acceptors (Lipinski definition) is 6. The number of benzene rings is 3. The average molecular weight is 458 g/mol. The molecule has 1 aromatic heterocycles. The van der Waals surface area contributed by atoms with Gasteiger partial charge in [-0.2, -0.15) is 10.1 Å². The van der Waals surface area contributed by atoms with Crippen molar-refractivity contribution in [1.82, 2.24) is 9.88 Å². The molecule has 2 heterocycles. The Labute approximate surface area is 191 Å². The van der Waals surface area contributed by atoms with Gasteiger partial charge in [0.05, 0.1) is 27.6 Å². The molecular weight excluding hydrogens is 443 g/mol. The maximum absolute atomic E-state index is 13.6. The predicted molar refractivity (Wildman–Crippen MR) is 123 cm³/mol. The number of rotatable bonds is 5. The summed E-state index contributed by atoms with van der Waals surface area (Å²) in [5.41, 5.74) is 1.75. The molecule has 0 radical (unpaired) electrons. The van der Waals surface area contributed by atoms with Gasteiger partial charge in [-0.15, -0.1) is 0 Å². The van der Waals surface area contributed by atoms with E-state index in [-0.39, 0.29) is 16.3 Å². The summed E-state index contributed by atoms with van der Waals surface area (Å²) in [6.45, 7) is -0.511. The van der Waals surface area contributed by atoms with Crippen molar-refractivity contribution < 1.29 is 18.8 Å². The highest BCUT2D eigenvalue weighted by Gasteiger charge is 2.37. The molecular formula is C24H15FN4O3S. The molecule has 5 rings (SSSR count). The summed E-state index contributed by atoms with van der Waals surface area (Å²) in [5.74, 6) is -2.13. The second-order valence-corrected chi connectivity index (χ2v) is 8.22. The zero-order valence-electron chi connectivity index (χ0n) is 17.0. The van der Waals surface area contributed by atoms with E-state index in [4.69, 9.17) is 0 Å². The number of halogens is 1. The molecule has 3 aromatic carbocycles. The molecule has 0 atom stereocenters. The van der Waals surface area contributed by atoms with Crippen LogP contribution in [0, 0.1) is 5.82 Å². The predicted octanol–water partition coefficient (Wildman–Crippen LogP) is 4.10. The second kappa shape index (κ2) is 8.36. The maximum atomic E-state index is 13.6. The number of amides is 3. The summed E-state index contributed by atoms with van der Waals surface area (Å²) >= 11 is 1.08. The van der Waals surface area contributed by atoms with Crippen LogP contribution in [0.4, 0.5) is 9.52 Å². The van der Waals surface area contributed by atoms with Crippen LogP contribution in [0.3, 0.4) is 0 Å². The van der Waals surface area contributed by atoms with Crippen molar-refractivity contribution >= 4 is 50.6 Å². The normalized spacial score (nSPS) is 13.2. The van der Waals surface area contributed by atoms with E-state index >= 15 is 0 Å². The molecule has 9 heteroatoms. The van der Waals surface area contributed by atoms with Gasteiger partial charge in [-0.25, -0.2) is 9.37 Å². The van der Waals surface area contributed by atoms with E-state index in [9.17, 15) is 18.8 Å². The molecule has 0 saturated heterocycles. The Hall–Kier alpha value is -4.24. The topological polar surface area (TPSA) is 82.9 Å². The smallest absolute Gasteiger partial charge is 0.269 e. The minimum Gasteiger partial charge on any atom is -0.270 e. The van der Waals surface area contributed by atoms with E-state index in [1.807, 2.05) is 30.3 Å². The summed E-state index contributed by atoms with van der Waals surface area (Å²) < 4.78 is 14.2. The molecule has 0 spiro atoms. The van der Waals surface area contributed by atoms with Crippen LogP contribution in [0.25, 0.3) is 10.2 Å². The largest absolute Gasteiger partial charge is 0.270 e. The highest BCUT2D eigenvalue weighted by molar-refractivity contribution is 7.22. The first kappa shape index (κ1) is 20.7. The third kappa shape index (κ3) is 3.90. The Balaban J connectivity index is 1.48. The van der Waals surface area contributed by atoms with Crippen molar-refractivity contribution in [1.29, 1.82) is 0 Å². The summed E-state index contributed by atoms with van der Waals surface area (Å²) in [6, 6.07) is 19.7. The molecule has 3 amide bonds. The lowest BCUT2D eigenvalue weighted by atomic mass is 10.1. The molecule has 0 aliphatic carbocycles. The van der Waals surface area contributed by atoms with E-state index in [1.165, 1.54) is 24.4 Å². The molecule has 7 nitrogen and oxygen atoms in total. The van der Waals surface area contributed by atoms with Gasteiger partial charge < -0.3 is 0 Å². The standard InChI is InChI=1S/C24H15FN4O3S/c25-16-10-11-19-20(12-16)33-24(27-19)29(26-13-15-6-2-1-3-7-15)21(30)14-28-22(31)17-8-4-5-9-18(17)23(28)32/h1-13H,14H2/b26-13+. The first-order chi connectivity index (χ1) is 16.0. The van der Waals surface area contributed by atoms with E-state index in [0.717, 1.165) is 26.8 Å². The number of nitrogens with zero attached hydrogens (tertiary/aromatic N) is 4. The van der Waals surface area contributed by atoms with Gasteiger partial charge in [0.1, 0.15) is 12.4 Å². The van der Waals surface area contributed by atoms with Gasteiger partial charge >= 0.3 is 0 Å². The fraction of sp³-hybridized carbons (Fsp3) is 0.0417. The lowest BCUT2D eigenvalue weighted by molar-refractivity contribution is -0.118. The zero-order chi connectivity index (χ0) is 22.9. The Morgan fingerprint density at radius 1 is 1.00 bits per heavy atom. The van der Waals surface area contributed by atoms with Crippen LogP contribution in [0.1, 0.15) is 26.3 Å². The number of imide groups is 1. The third-order valence-electron chi connectivity index (χ3n) is 5.05. The quantitative estimate of drug-likeness (QED) is 0.256. The molecule has 4 aromatic rings. The van der Waals surface area contributed by atoms with Crippen molar-refractivity contribution in [3.63, 3.8) is 0 Å². The number of fused-ring (bicyclic) bond motifs is 2. The number of anilines is 1. The van der Waals surface area contributed by atoms with Crippen molar-refractivity contribution in [2.24, 2.45) is 5.10 Å². The van der Waals surface area contributed by atoms with Crippen LogP contribution >= 0.6 is 11.3 Å². The summed E-state index contributed by atoms with van der Waals surface area (Å²) in [7, 11) is 0. The monoisotopic (exact) mass is 458 g/mol. The molecule has 0 unspecified atom stereocenters. The first-order valence-electron chi connectivity index (χ1n) is 9.94. The minimum absolute atomic E-state index is 0.199. The van der Waals surface area contributed by atoms with Gasteiger partial charge in [-0.3, -0.25) is 19.3 Å². The number of carbonyl (C=O) groups is 3. The molecule has 0 fully saturated rings. The van der Waals surface area contributed by atoms with Crippen molar-refractivity contribution in [2.45, 2.75) is 0 Å². The van der Waals surface area contributed by atoms with Gasteiger partial charge in [0.2, 0.25) is 5.13 Å². The average Bonchev–Trinajstić information content (AvgIpc) is 3.34. The third-order valence-corrected chi connectivity index (χ3v) is 6.04. The Morgan fingerprint density at radius 2 is 1.67 bits per heavy atom. The number of thiazole rings is 1. The Bertz CT molecular complexity index is 1400. The highest BCUT2D eigenvalue weighted by Crippen LogP contribution is 2.30.